The molecule has 196 valence electrons. The van der Waals surface area contributed by atoms with Crippen molar-refractivity contribution in [2.45, 2.75) is 76.1 Å². The maximum Gasteiger partial charge on any atom is 0.305 e. The Bertz CT molecular complexity index is 864. The molecule has 0 spiro atoms. The Kier molecular flexibility index (Phi) is 11.4. The van der Waals surface area contributed by atoms with Gasteiger partial charge < -0.3 is 30.3 Å². The van der Waals surface area contributed by atoms with E-state index in [1.807, 2.05) is 24.3 Å². The highest BCUT2D eigenvalue weighted by atomic mass is 32.1. The van der Waals surface area contributed by atoms with Crippen LogP contribution in [0.4, 0.5) is 0 Å². The predicted octanol–water partition coefficient (Wildman–Crippen LogP) is 3.56. The van der Waals surface area contributed by atoms with Gasteiger partial charge >= 0.3 is 5.97 Å². The van der Waals surface area contributed by atoms with Gasteiger partial charge in [-0.2, -0.15) is 0 Å². The minimum atomic E-state index is -0.567. The lowest BCUT2D eigenvalue weighted by Crippen LogP contribution is -2.23. The summed E-state index contributed by atoms with van der Waals surface area (Å²) in [6.45, 7) is -0.389. The monoisotopic (exact) mass is 508 g/mol. The third-order valence-electron chi connectivity index (χ3n) is 7.23. The molecule has 7 nitrogen and oxygen atoms in total. The fourth-order valence-electron chi connectivity index (χ4n) is 5.09. The van der Waals surface area contributed by atoms with Crippen molar-refractivity contribution in [3.05, 3.63) is 35.2 Å². The van der Waals surface area contributed by atoms with Crippen LogP contribution in [0.1, 0.15) is 68.8 Å². The van der Waals surface area contributed by atoms with Crippen LogP contribution in [0.5, 0.6) is 0 Å². The smallest absolute Gasteiger partial charge is 0.305 e. The van der Waals surface area contributed by atoms with Gasteiger partial charge in [-0.05, 0) is 61.5 Å². The molecule has 8 heteroatoms. The topological polar surface area (TPSA) is 127 Å². The molecule has 1 aromatic carbocycles. The minimum absolute atomic E-state index is 0.0185. The van der Waals surface area contributed by atoms with Gasteiger partial charge in [0.15, 0.2) is 0 Å². The second-order valence-corrected chi connectivity index (χ2v) is 11.0. The van der Waals surface area contributed by atoms with E-state index in [9.17, 15) is 20.1 Å². The van der Waals surface area contributed by atoms with Crippen molar-refractivity contribution in [3.63, 3.8) is 0 Å². The fraction of sp³-hybridized carbons (Fsp3) is 0.667. The molecule has 0 aliphatic heterocycles. The molecule has 5 atom stereocenters. The van der Waals surface area contributed by atoms with Crippen LogP contribution in [0, 0.1) is 17.8 Å². The molecule has 35 heavy (non-hydrogen) atoms. The number of carbonyl (C=O) groups excluding carboxylic acids is 1. The number of hydrogen-bond acceptors (Lipinski definition) is 8. The van der Waals surface area contributed by atoms with Gasteiger partial charge in [0.05, 0.1) is 38.1 Å². The zero-order chi connectivity index (χ0) is 25.2. The summed E-state index contributed by atoms with van der Waals surface area (Å²) in [6.07, 6.45) is 4.56. The lowest BCUT2D eigenvalue weighted by Gasteiger charge is -2.24. The maximum absolute atomic E-state index is 11.8. The average molecular weight is 509 g/mol. The molecule has 1 aliphatic rings. The van der Waals surface area contributed by atoms with E-state index in [0.29, 0.717) is 32.1 Å². The SMILES string of the molecule is O=C(CCCCCCC1[C@@H](CC[C@@H](O)c2cc3ccccc3s2)[C@H](O)C[C@@H]1O)OCC(CO)CO. The Morgan fingerprint density at radius 3 is 2.40 bits per heavy atom. The first-order chi connectivity index (χ1) is 16.9. The van der Waals surface area contributed by atoms with Crippen molar-refractivity contribution in [3.8, 4) is 0 Å². The quantitative estimate of drug-likeness (QED) is 0.184. The van der Waals surface area contributed by atoms with Crippen molar-refractivity contribution in [2.75, 3.05) is 19.8 Å². The molecular weight excluding hydrogens is 468 g/mol. The summed E-state index contributed by atoms with van der Waals surface area (Å²) in [4.78, 5) is 12.7. The minimum Gasteiger partial charge on any atom is -0.465 e. The van der Waals surface area contributed by atoms with Gasteiger partial charge in [0, 0.05) is 21.9 Å². The van der Waals surface area contributed by atoms with Crippen molar-refractivity contribution >= 4 is 27.4 Å². The first-order valence-electron chi connectivity index (χ1n) is 12.8. The van der Waals surface area contributed by atoms with Gasteiger partial charge in [-0.15, -0.1) is 11.3 Å². The summed E-state index contributed by atoms with van der Waals surface area (Å²) in [5.74, 6) is -0.733. The Morgan fingerprint density at radius 1 is 1.00 bits per heavy atom. The Morgan fingerprint density at radius 2 is 1.69 bits per heavy atom. The van der Waals surface area contributed by atoms with E-state index < -0.39 is 24.2 Å². The molecule has 1 fully saturated rings. The van der Waals surface area contributed by atoms with Crippen LogP contribution in [0.3, 0.4) is 0 Å². The van der Waals surface area contributed by atoms with Crippen molar-refractivity contribution in [2.24, 2.45) is 17.8 Å². The standard InChI is InChI=1S/C27H40O7S/c28-15-18(16-29)17-34-27(33)10-4-2-1-3-8-20-21(24(32)14-23(20)31)11-12-22(30)26-13-19-7-5-6-9-25(19)35-26/h5-7,9,13,18,20-24,28-32H,1-4,8,10-12,14-17H2/t20?,21-,22-,23+,24-/m1/s1. The van der Waals surface area contributed by atoms with E-state index in [2.05, 4.69) is 6.07 Å². The van der Waals surface area contributed by atoms with Crippen LogP contribution in [0.15, 0.2) is 30.3 Å². The molecule has 1 saturated carbocycles. The number of unbranched alkanes of at least 4 members (excludes halogenated alkanes) is 3. The summed E-state index contributed by atoms with van der Waals surface area (Å²) in [5, 5.41) is 50.9. The molecule has 2 aromatic rings. The Balaban J connectivity index is 1.36. The molecule has 0 radical (unpaired) electrons. The number of fused-ring (bicyclic) bond motifs is 1. The predicted molar refractivity (Wildman–Crippen MR) is 136 cm³/mol. The van der Waals surface area contributed by atoms with E-state index in [-0.39, 0.29) is 37.6 Å². The van der Waals surface area contributed by atoms with Gasteiger partial charge in [0.1, 0.15) is 0 Å². The highest BCUT2D eigenvalue weighted by Gasteiger charge is 2.41. The van der Waals surface area contributed by atoms with Gasteiger partial charge in [-0.25, -0.2) is 0 Å². The third kappa shape index (κ3) is 8.23. The van der Waals surface area contributed by atoms with E-state index in [1.54, 1.807) is 11.3 Å². The second-order valence-electron chi connectivity index (χ2n) is 9.84. The molecule has 3 rings (SSSR count). The van der Waals surface area contributed by atoms with Crippen molar-refractivity contribution in [1.82, 2.24) is 0 Å². The molecule has 0 saturated heterocycles. The number of aliphatic hydroxyl groups excluding tert-OH is 5. The van der Waals surface area contributed by atoms with E-state index >= 15 is 0 Å². The van der Waals surface area contributed by atoms with Crippen LogP contribution in [-0.2, 0) is 9.53 Å². The molecule has 1 aromatic heterocycles. The van der Waals surface area contributed by atoms with Crippen LogP contribution in [0.25, 0.3) is 10.1 Å². The summed E-state index contributed by atoms with van der Waals surface area (Å²) in [6, 6.07) is 10.1. The van der Waals surface area contributed by atoms with Crippen LogP contribution >= 0.6 is 11.3 Å². The number of carbonyl (C=O) groups is 1. The van der Waals surface area contributed by atoms with Crippen LogP contribution in [0.2, 0.25) is 0 Å². The molecule has 1 unspecified atom stereocenters. The molecule has 1 heterocycles. The fourth-order valence-corrected chi connectivity index (χ4v) is 6.17. The van der Waals surface area contributed by atoms with Crippen LogP contribution < -0.4 is 0 Å². The highest BCUT2D eigenvalue weighted by Crippen LogP contribution is 2.41. The number of benzene rings is 1. The number of aliphatic hydroxyl groups is 5. The lowest BCUT2D eigenvalue weighted by molar-refractivity contribution is -0.146. The van der Waals surface area contributed by atoms with Gasteiger partial charge in [0.2, 0.25) is 0 Å². The molecular formula is C27H40O7S. The molecule has 5 N–H and O–H groups in total. The van der Waals surface area contributed by atoms with Crippen LogP contribution in [-0.4, -0.2) is 63.5 Å². The van der Waals surface area contributed by atoms with Crippen molar-refractivity contribution < 1.29 is 35.1 Å². The van der Waals surface area contributed by atoms with Gasteiger partial charge in [-0.3, -0.25) is 4.79 Å². The summed E-state index contributed by atoms with van der Waals surface area (Å²) in [7, 11) is 0. The molecule has 0 amide bonds. The highest BCUT2D eigenvalue weighted by molar-refractivity contribution is 7.19. The van der Waals surface area contributed by atoms with Crippen molar-refractivity contribution in [1.29, 1.82) is 0 Å². The number of hydrogen-bond donors (Lipinski definition) is 5. The summed E-state index contributed by atoms with van der Waals surface area (Å²) < 4.78 is 6.23. The Labute approximate surface area is 211 Å². The molecule has 1 aliphatic carbocycles. The summed E-state index contributed by atoms with van der Waals surface area (Å²) >= 11 is 1.60. The van der Waals surface area contributed by atoms with E-state index in [1.165, 1.54) is 0 Å². The Hall–Kier alpha value is -1.55. The zero-order valence-corrected chi connectivity index (χ0v) is 21.1. The number of ether oxygens (including phenoxy) is 1. The normalized spacial score (nSPS) is 23.3. The number of esters is 1. The first kappa shape index (κ1) is 28.0. The van der Waals surface area contributed by atoms with Gasteiger partial charge in [-0.1, -0.05) is 37.5 Å². The second kappa shape index (κ2) is 14.3. The number of thiophene rings is 1. The first-order valence-corrected chi connectivity index (χ1v) is 13.6. The number of rotatable bonds is 15. The largest absolute Gasteiger partial charge is 0.465 e. The third-order valence-corrected chi connectivity index (χ3v) is 8.45. The lowest BCUT2D eigenvalue weighted by atomic mass is 9.84. The zero-order valence-electron chi connectivity index (χ0n) is 20.3. The van der Waals surface area contributed by atoms with Gasteiger partial charge in [0.25, 0.3) is 0 Å². The van der Waals surface area contributed by atoms with E-state index in [0.717, 1.165) is 40.6 Å². The van der Waals surface area contributed by atoms with E-state index in [4.69, 9.17) is 14.9 Å². The summed E-state index contributed by atoms with van der Waals surface area (Å²) in [5.41, 5.74) is 0. The maximum atomic E-state index is 11.8. The molecule has 0 bridgehead atoms. The average Bonchev–Trinajstić information content (AvgIpc) is 3.40.